The summed E-state index contributed by atoms with van der Waals surface area (Å²) >= 11 is 0. The SMILES string of the molecule is CC(=O)N(C1CC1)C1CCOC2(CCN(C(=O)c3ccc4nc[nH]c4c3)CC2)C1. The highest BCUT2D eigenvalue weighted by molar-refractivity contribution is 5.97. The summed E-state index contributed by atoms with van der Waals surface area (Å²) in [6.45, 7) is 3.77. The summed E-state index contributed by atoms with van der Waals surface area (Å²) in [5.41, 5.74) is 2.24. The molecule has 2 aliphatic heterocycles. The van der Waals surface area contributed by atoms with Gasteiger partial charge >= 0.3 is 0 Å². The van der Waals surface area contributed by atoms with E-state index in [2.05, 4.69) is 14.9 Å². The molecule has 1 saturated carbocycles. The molecule has 1 unspecified atom stereocenters. The number of ether oxygens (including phenoxy) is 1. The zero-order valence-corrected chi connectivity index (χ0v) is 16.9. The van der Waals surface area contributed by atoms with Gasteiger partial charge in [-0.3, -0.25) is 9.59 Å². The summed E-state index contributed by atoms with van der Waals surface area (Å²) in [5.74, 6) is 0.253. The Balaban J connectivity index is 1.25. The van der Waals surface area contributed by atoms with Crippen LogP contribution in [0.1, 0.15) is 55.8 Å². The normalized spacial score (nSPS) is 24.0. The van der Waals surface area contributed by atoms with Gasteiger partial charge in [-0.25, -0.2) is 4.98 Å². The number of carbonyl (C=O) groups excluding carboxylic acids is 2. The molecule has 1 aromatic carbocycles. The topological polar surface area (TPSA) is 78.5 Å². The Morgan fingerprint density at radius 1 is 1.21 bits per heavy atom. The van der Waals surface area contributed by atoms with Crippen LogP contribution in [0.15, 0.2) is 24.5 Å². The number of imidazole rings is 1. The van der Waals surface area contributed by atoms with Crippen molar-refractivity contribution in [3.63, 3.8) is 0 Å². The lowest BCUT2D eigenvalue weighted by molar-refractivity contribution is -0.148. The number of rotatable bonds is 3. The number of fused-ring (bicyclic) bond motifs is 1. The van der Waals surface area contributed by atoms with E-state index in [1.54, 1.807) is 13.3 Å². The number of amides is 2. The number of hydrogen-bond donors (Lipinski definition) is 1. The van der Waals surface area contributed by atoms with E-state index in [0.717, 1.165) is 49.6 Å². The van der Waals surface area contributed by atoms with Crippen LogP contribution in [0.4, 0.5) is 0 Å². The van der Waals surface area contributed by atoms with Gasteiger partial charge in [0.25, 0.3) is 5.91 Å². The summed E-state index contributed by atoms with van der Waals surface area (Å²) in [6, 6.07) is 6.32. The zero-order valence-electron chi connectivity index (χ0n) is 16.9. The zero-order chi connectivity index (χ0) is 20.0. The average Bonchev–Trinajstić information content (AvgIpc) is 3.42. The minimum atomic E-state index is -0.199. The molecule has 1 N–H and O–H groups in total. The molecule has 2 aromatic rings. The smallest absolute Gasteiger partial charge is 0.253 e. The minimum absolute atomic E-state index is 0.0621. The van der Waals surface area contributed by atoms with Crippen LogP contribution in [0.3, 0.4) is 0 Å². The van der Waals surface area contributed by atoms with Gasteiger partial charge in [-0.1, -0.05) is 0 Å². The van der Waals surface area contributed by atoms with Crippen molar-refractivity contribution in [2.75, 3.05) is 19.7 Å². The first-order chi connectivity index (χ1) is 14.0. The minimum Gasteiger partial charge on any atom is -0.375 e. The number of H-pyrrole nitrogens is 1. The monoisotopic (exact) mass is 396 g/mol. The lowest BCUT2D eigenvalue weighted by Crippen LogP contribution is -2.55. The third-order valence-electron chi connectivity index (χ3n) is 6.79. The van der Waals surface area contributed by atoms with Gasteiger partial charge in [0.2, 0.25) is 5.91 Å². The molecule has 1 atom stereocenters. The van der Waals surface area contributed by atoms with E-state index in [0.29, 0.717) is 31.3 Å². The van der Waals surface area contributed by atoms with Crippen LogP contribution in [-0.2, 0) is 9.53 Å². The van der Waals surface area contributed by atoms with Crippen molar-refractivity contribution in [2.24, 2.45) is 0 Å². The number of aromatic nitrogens is 2. The van der Waals surface area contributed by atoms with E-state index in [-0.39, 0.29) is 23.5 Å². The summed E-state index contributed by atoms with van der Waals surface area (Å²) < 4.78 is 6.26. The highest BCUT2D eigenvalue weighted by Crippen LogP contribution is 2.40. The molecule has 5 rings (SSSR count). The summed E-state index contributed by atoms with van der Waals surface area (Å²) in [5, 5.41) is 0. The van der Waals surface area contributed by atoms with E-state index in [1.165, 1.54) is 0 Å². The van der Waals surface area contributed by atoms with Crippen LogP contribution >= 0.6 is 0 Å². The van der Waals surface area contributed by atoms with Crippen LogP contribution in [0.5, 0.6) is 0 Å². The fourth-order valence-corrected chi connectivity index (χ4v) is 5.12. The number of benzene rings is 1. The molecule has 7 heteroatoms. The summed E-state index contributed by atoms with van der Waals surface area (Å²) in [4.78, 5) is 36.5. The van der Waals surface area contributed by atoms with Crippen molar-refractivity contribution >= 4 is 22.8 Å². The Hall–Kier alpha value is -2.41. The van der Waals surface area contributed by atoms with Gasteiger partial charge in [-0.05, 0) is 56.7 Å². The van der Waals surface area contributed by atoms with Gasteiger partial charge < -0.3 is 19.5 Å². The summed E-state index contributed by atoms with van der Waals surface area (Å²) in [6.07, 6.45) is 7.39. The lowest BCUT2D eigenvalue weighted by Gasteiger charge is -2.48. The van der Waals surface area contributed by atoms with Crippen molar-refractivity contribution in [2.45, 2.75) is 63.1 Å². The average molecular weight is 396 g/mol. The molecule has 1 aromatic heterocycles. The molecule has 2 saturated heterocycles. The second-order valence-corrected chi connectivity index (χ2v) is 8.76. The molecule has 0 radical (unpaired) electrons. The standard InChI is InChI=1S/C22H28N4O3/c1-15(27)26(17-3-4-17)18-6-11-29-22(13-18)7-9-25(10-8-22)21(28)16-2-5-19-20(12-16)24-14-23-19/h2,5,12,14,17-18H,3-4,6-11,13H2,1H3,(H,23,24). The fraction of sp³-hybridized carbons (Fsp3) is 0.591. The Morgan fingerprint density at radius 2 is 2.00 bits per heavy atom. The quantitative estimate of drug-likeness (QED) is 0.865. The maximum absolute atomic E-state index is 13.0. The van der Waals surface area contributed by atoms with E-state index in [9.17, 15) is 9.59 Å². The number of nitrogens with zero attached hydrogens (tertiary/aromatic N) is 3. The second-order valence-electron chi connectivity index (χ2n) is 8.76. The third kappa shape index (κ3) is 3.52. The lowest BCUT2D eigenvalue weighted by atomic mass is 9.81. The molecular weight excluding hydrogens is 368 g/mol. The maximum Gasteiger partial charge on any atom is 0.253 e. The van der Waals surface area contributed by atoms with Crippen LogP contribution in [0.25, 0.3) is 11.0 Å². The van der Waals surface area contributed by atoms with Gasteiger partial charge in [0.15, 0.2) is 0 Å². The molecule has 1 aliphatic carbocycles. The number of aromatic amines is 1. The van der Waals surface area contributed by atoms with E-state index < -0.39 is 0 Å². The maximum atomic E-state index is 13.0. The summed E-state index contributed by atoms with van der Waals surface area (Å²) in [7, 11) is 0. The molecule has 7 nitrogen and oxygen atoms in total. The molecule has 0 bridgehead atoms. The van der Waals surface area contributed by atoms with E-state index in [1.807, 2.05) is 23.1 Å². The van der Waals surface area contributed by atoms with Crippen molar-refractivity contribution in [3.05, 3.63) is 30.1 Å². The van der Waals surface area contributed by atoms with Crippen molar-refractivity contribution < 1.29 is 14.3 Å². The molecule has 3 fully saturated rings. The molecule has 29 heavy (non-hydrogen) atoms. The van der Waals surface area contributed by atoms with Crippen molar-refractivity contribution in [3.8, 4) is 0 Å². The van der Waals surface area contributed by atoms with Crippen molar-refractivity contribution in [1.82, 2.24) is 19.8 Å². The van der Waals surface area contributed by atoms with Gasteiger partial charge in [-0.15, -0.1) is 0 Å². The van der Waals surface area contributed by atoms with Crippen molar-refractivity contribution in [1.29, 1.82) is 0 Å². The van der Waals surface area contributed by atoms with E-state index >= 15 is 0 Å². The first kappa shape index (κ1) is 18.6. The van der Waals surface area contributed by atoms with Crippen LogP contribution < -0.4 is 0 Å². The highest BCUT2D eigenvalue weighted by atomic mass is 16.5. The number of likely N-dealkylation sites (tertiary alicyclic amines) is 1. The number of hydrogen-bond acceptors (Lipinski definition) is 4. The fourth-order valence-electron chi connectivity index (χ4n) is 5.12. The Labute approximate surface area is 170 Å². The van der Waals surface area contributed by atoms with Gasteiger partial charge in [0.05, 0.1) is 23.0 Å². The molecular formula is C22H28N4O3. The predicted octanol–water partition coefficient (Wildman–Crippen LogP) is 2.73. The third-order valence-corrected chi connectivity index (χ3v) is 6.79. The molecule has 154 valence electrons. The largest absolute Gasteiger partial charge is 0.375 e. The van der Waals surface area contributed by atoms with E-state index in [4.69, 9.17) is 4.74 Å². The Morgan fingerprint density at radius 3 is 2.72 bits per heavy atom. The predicted molar refractivity (Wildman–Crippen MR) is 108 cm³/mol. The van der Waals surface area contributed by atoms with Crippen LogP contribution in [0, 0.1) is 0 Å². The van der Waals surface area contributed by atoms with Gasteiger partial charge in [0, 0.05) is 44.3 Å². The van der Waals surface area contributed by atoms with Gasteiger partial charge in [-0.2, -0.15) is 0 Å². The number of piperidine rings is 1. The molecule has 3 aliphatic rings. The number of nitrogens with one attached hydrogen (secondary N) is 1. The Bertz CT molecular complexity index is 927. The van der Waals surface area contributed by atoms with Gasteiger partial charge in [0.1, 0.15) is 0 Å². The molecule has 3 heterocycles. The first-order valence-corrected chi connectivity index (χ1v) is 10.7. The second kappa shape index (κ2) is 7.13. The molecule has 1 spiro atoms. The Kier molecular flexibility index (Phi) is 4.57. The highest BCUT2D eigenvalue weighted by Gasteiger charge is 2.45. The van der Waals surface area contributed by atoms with Crippen LogP contribution in [-0.4, -0.2) is 69.0 Å². The van der Waals surface area contributed by atoms with Crippen LogP contribution in [0.2, 0.25) is 0 Å². The molecule has 2 amide bonds. The first-order valence-electron chi connectivity index (χ1n) is 10.7. The number of carbonyl (C=O) groups is 2.